The van der Waals surface area contributed by atoms with Gasteiger partial charge in [-0.05, 0) is 36.7 Å². The number of hydrogen-bond donors (Lipinski definition) is 0. The molecule has 0 aromatic rings. The molecule has 0 aliphatic rings. The molecule has 0 bridgehead atoms. The topological polar surface area (TPSA) is 58.9 Å². The average molecular weight is 232 g/mol. The molecule has 0 rings (SSSR count). The van der Waals surface area contributed by atoms with Crippen molar-refractivity contribution >= 4 is 36.1 Å². The molecule has 0 radical (unpaired) electrons. The standard InChI is InChI=1S/C8H12N2O2S2/c11-7-9-13-5-3-1-2-4-6-14-10-8-12/h1-6H2. The van der Waals surface area contributed by atoms with Crippen molar-refractivity contribution in [2.75, 3.05) is 11.5 Å². The minimum atomic E-state index is 0.870. The van der Waals surface area contributed by atoms with Gasteiger partial charge in [0.05, 0.1) is 0 Å². The number of hydrogen-bond acceptors (Lipinski definition) is 6. The summed E-state index contributed by atoms with van der Waals surface area (Å²) in [5.41, 5.74) is 0. The number of unbranched alkanes of at least 4 members (excludes halogenated alkanes) is 3. The van der Waals surface area contributed by atoms with Crippen LogP contribution in [-0.2, 0) is 9.59 Å². The highest BCUT2D eigenvalue weighted by atomic mass is 32.2. The second kappa shape index (κ2) is 12.5. The Kier molecular flexibility index (Phi) is 12.0. The molecule has 0 saturated heterocycles. The summed E-state index contributed by atoms with van der Waals surface area (Å²) in [6, 6.07) is 0. The summed E-state index contributed by atoms with van der Waals surface area (Å²) in [5.74, 6) is 1.74. The summed E-state index contributed by atoms with van der Waals surface area (Å²) in [5, 5.41) is 0. The van der Waals surface area contributed by atoms with Gasteiger partial charge >= 0.3 is 0 Å². The van der Waals surface area contributed by atoms with Gasteiger partial charge in [0.1, 0.15) is 0 Å². The van der Waals surface area contributed by atoms with E-state index in [-0.39, 0.29) is 0 Å². The zero-order valence-electron chi connectivity index (χ0n) is 7.77. The smallest absolute Gasteiger partial charge is 0.210 e. The molecule has 4 nitrogen and oxygen atoms in total. The zero-order valence-corrected chi connectivity index (χ0v) is 9.40. The Hall–Kier alpha value is -0.540. The van der Waals surface area contributed by atoms with Crippen LogP contribution in [0.1, 0.15) is 25.7 Å². The average Bonchev–Trinajstić information content (AvgIpc) is 2.21. The lowest BCUT2D eigenvalue weighted by Gasteiger charge is -1.96. The monoisotopic (exact) mass is 232 g/mol. The maximum Gasteiger partial charge on any atom is 0.247 e. The van der Waals surface area contributed by atoms with Gasteiger partial charge in [-0.2, -0.15) is 0 Å². The molecule has 0 N–H and O–H groups in total. The van der Waals surface area contributed by atoms with Gasteiger partial charge in [0.2, 0.25) is 12.2 Å². The Morgan fingerprint density at radius 3 is 1.57 bits per heavy atom. The Bertz CT molecular complexity index is 199. The Morgan fingerprint density at radius 1 is 0.786 bits per heavy atom. The van der Waals surface area contributed by atoms with Gasteiger partial charge in [0.25, 0.3) is 0 Å². The van der Waals surface area contributed by atoms with E-state index in [2.05, 4.69) is 8.80 Å². The molecule has 0 aliphatic heterocycles. The van der Waals surface area contributed by atoms with Crippen molar-refractivity contribution in [1.29, 1.82) is 0 Å². The van der Waals surface area contributed by atoms with Gasteiger partial charge in [-0.15, -0.1) is 8.80 Å². The summed E-state index contributed by atoms with van der Waals surface area (Å²) in [4.78, 5) is 19.4. The quantitative estimate of drug-likeness (QED) is 0.265. The molecule has 14 heavy (non-hydrogen) atoms. The molecule has 0 fully saturated rings. The minimum absolute atomic E-state index is 0.870. The van der Waals surface area contributed by atoms with Crippen molar-refractivity contribution in [2.24, 2.45) is 8.80 Å². The van der Waals surface area contributed by atoms with Crippen LogP contribution in [0, 0.1) is 0 Å². The Balaban J connectivity index is 2.98. The zero-order chi connectivity index (χ0) is 10.5. The van der Waals surface area contributed by atoms with Crippen molar-refractivity contribution in [1.82, 2.24) is 0 Å². The Labute approximate surface area is 91.9 Å². The lowest BCUT2D eigenvalue weighted by Crippen LogP contribution is -1.82. The molecule has 0 atom stereocenters. The summed E-state index contributed by atoms with van der Waals surface area (Å²) in [6.45, 7) is 0. The minimum Gasteiger partial charge on any atom is -0.210 e. The van der Waals surface area contributed by atoms with Crippen LogP contribution in [0.15, 0.2) is 8.80 Å². The summed E-state index contributed by atoms with van der Waals surface area (Å²) in [7, 11) is 0. The van der Waals surface area contributed by atoms with Crippen LogP contribution in [0.3, 0.4) is 0 Å². The predicted octanol–water partition coefficient (Wildman–Crippen LogP) is 2.51. The Morgan fingerprint density at radius 2 is 1.21 bits per heavy atom. The van der Waals surface area contributed by atoms with Gasteiger partial charge in [-0.25, -0.2) is 9.59 Å². The van der Waals surface area contributed by atoms with E-state index in [0.717, 1.165) is 37.2 Å². The van der Waals surface area contributed by atoms with Crippen LogP contribution < -0.4 is 0 Å². The van der Waals surface area contributed by atoms with Crippen LogP contribution in [-0.4, -0.2) is 23.7 Å². The molecule has 0 saturated carbocycles. The first-order valence-electron chi connectivity index (χ1n) is 4.30. The molecule has 0 aliphatic carbocycles. The molecule has 0 spiro atoms. The van der Waals surface area contributed by atoms with Crippen LogP contribution in [0.25, 0.3) is 0 Å². The van der Waals surface area contributed by atoms with Crippen molar-refractivity contribution in [2.45, 2.75) is 25.7 Å². The lowest BCUT2D eigenvalue weighted by molar-refractivity contribution is 0.565. The van der Waals surface area contributed by atoms with Crippen LogP contribution in [0.5, 0.6) is 0 Å². The van der Waals surface area contributed by atoms with Crippen molar-refractivity contribution < 1.29 is 9.59 Å². The first-order valence-corrected chi connectivity index (χ1v) is 6.18. The van der Waals surface area contributed by atoms with E-state index in [4.69, 9.17) is 0 Å². The van der Waals surface area contributed by atoms with Gasteiger partial charge in [-0.3, -0.25) is 0 Å². The van der Waals surface area contributed by atoms with E-state index in [0.29, 0.717) is 0 Å². The normalized spacial score (nSPS) is 8.86. The van der Waals surface area contributed by atoms with Gasteiger partial charge in [0, 0.05) is 11.5 Å². The maximum atomic E-state index is 9.68. The maximum absolute atomic E-state index is 9.68. The first kappa shape index (κ1) is 13.5. The van der Waals surface area contributed by atoms with Gasteiger partial charge in [-0.1, -0.05) is 12.8 Å². The molecule has 6 heteroatoms. The molecule has 0 unspecified atom stereocenters. The number of isocyanates is 2. The van der Waals surface area contributed by atoms with Crippen molar-refractivity contribution in [3.05, 3.63) is 0 Å². The van der Waals surface area contributed by atoms with E-state index in [9.17, 15) is 9.59 Å². The molecule has 0 amide bonds. The lowest BCUT2D eigenvalue weighted by atomic mass is 10.2. The third kappa shape index (κ3) is 11.5. The first-order chi connectivity index (χ1) is 6.91. The molecular weight excluding hydrogens is 220 g/mol. The number of rotatable bonds is 9. The van der Waals surface area contributed by atoms with Crippen LogP contribution in [0.4, 0.5) is 0 Å². The van der Waals surface area contributed by atoms with E-state index < -0.39 is 0 Å². The number of nitrogens with zero attached hydrogens (tertiary/aromatic N) is 2. The molecule has 78 valence electrons. The summed E-state index contributed by atoms with van der Waals surface area (Å²) < 4.78 is 6.76. The highest BCUT2D eigenvalue weighted by molar-refractivity contribution is 7.98. The van der Waals surface area contributed by atoms with E-state index in [1.165, 1.54) is 36.1 Å². The van der Waals surface area contributed by atoms with Crippen molar-refractivity contribution in [3.63, 3.8) is 0 Å². The predicted molar refractivity (Wildman–Crippen MR) is 59.6 cm³/mol. The second-order valence-electron chi connectivity index (χ2n) is 2.45. The molecule has 0 aromatic heterocycles. The molecule has 0 aromatic carbocycles. The van der Waals surface area contributed by atoms with Crippen LogP contribution >= 0.6 is 23.9 Å². The highest BCUT2D eigenvalue weighted by Crippen LogP contribution is 2.10. The molecule has 0 heterocycles. The number of carbonyl (C=O) groups excluding carboxylic acids is 2. The fourth-order valence-electron chi connectivity index (χ4n) is 0.831. The van der Waals surface area contributed by atoms with E-state index in [1.807, 2.05) is 0 Å². The summed E-state index contributed by atoms with van der Waals surface area (Å²) in [6.07, 6.45) is 7.30. The third-order valence-corrected chi connectivity index (χ3v) is 2.77. The second-order valence-corrected chi connectivity index (χ2v) is 4.14. The summed E-state index contributed by atoms with van der Waals surface area (Å²) >= 11 is 2.50. The van der Waals surface area contributed by atoms with Crippen LogP contribution in [0.2, 0.25) is 0 Å². The molecular formula is C8H12N2O2S2. The fraction of sp³-hybridized carbons (Fsp3) is 0.750. The van der Waals surface area contributed by atoms with E-state index >= 15 is 0 Å². The highest BCUT2D eigenvalue weighted by Gasteiger charge is 1.91. The third-order valence-electron chi connectivity index (χ3n) is 1.42. The SMILES string of the molecule is O=C=NSCCCCCCSN=C=O. The van der Waals surface area contributed by atoms with E-state index in [1.54, 1.807) is 0 Å². The van der Waals surface area contributed by atoms with Gasteiger partial charge in [0.15, 0.2) is 0 Å². The largest absolute Gasteiger partial charge is 0.247 e. The van der Waals surface area contributed by atoms with Gasteiger partial charge < -0.3 is 0 Å². The fourth-order valence-corrected chi connectivity index (χ4v) is 1.79. The van der Waals surface area contributed by atoms with Crippen molar-refractivity contribution in [3.8, 4) is 0 Å².